The van der Waals surface area contributed by atoms with Crippen molar-refractivity contribution in [1.29, 1.82) is 0 Å². The molecule has 0 aliphatic carbocycles. The largest absolute Gasteiger partial charge is 0.396 e. The number of terminal acetylenes is 1. The highest BCUT2D eigenvalue weighted by atomic mass is 16.3. The van der Waals surface area contributed by atoms with E-state index in [9.17, 15) is 5.11 Å². The molecule has 0 aliphatic heterocycles. The van der Waals surface area contributed by atoms with Crippen LogP contribution in [0.15, 0.2) is 0 Å². The summed E-state index contributed by atoms with van der Waals surface area (Å²) in [7, 11) is 0. The number of nitrogens with one attached hydrogen (secondary N) is 1. The van der Waals surface area contributed by atoms with Crippen LogP contribution in [0.4, 0.5) is 0 Å². The Hall–Kier alpha value is -0.520. The smallest absolute Gasteiger partial charge is 0.0496 e. The van der Waals surface area contributed by atoms with Gasteiger partial charge in [-0.2, -0.15) is 0 Å². The quantitative estimate of drug-likeness (QED) is 0.610. The normalized spacial score (nSPS) is 17.1. The molecule has 0 aliphatic rings. The molecule has 82 valence electrons. The van der Waals surface area contributed by atoms with Crippen molar-refractivity contribution in [1.82, 2.24) is 5.32 Å². The van der Waals surface area contributed by atoms with E-state index in [1.807, 2.05) is 0 Å². The van der Waals surface area contributed by atoms with Crippen molar-refractivity contribution in [2.24, 2.45) is 5.41 Å². The van der Waals surface area contributed by atoms with Gasteiger partial charge in [0.25, 0.3) is 0 Å². The highest BCUT2D eigenvalue weighted by molar-refractivity contribution is 4.90. The molecule has 2 heteroatoms. The molecule has 14 heavy (non-hydrogen) atoms. The Morgan fingerprint density at radius 3 is 2.50 bits per heavy atom. The van der Waals surface area contributed by atoms with Crippen LogP contribution in [0.2, 0.25) is 0 Å². The van der Waals surface area contributed by atoms with Gasteiger partial charge >= 0.3 is 0 Å². The van der Waals surface area contributed by atoms with E-state index in [1.165, 1.54) is 0 Å². The molecule has 2 atom stereocenters. The zero-order valence-corrected chi connectivity index (χ0v) is 9.64. The lowest BCUT2D eigenvalue weighted by atomic mass is 9.88. The van der Waals surface area contributed by atoms with Crippen LogP contribution in [0.1, 0.15) is 40.0 Å². The summed E-state index contributed by atoms with van der Waals surface area (Å²) in [6.07, 6.45) is 8.05. The number of hydrogen-bond acceptors (Lipinski definition) is 2. The number of hydrogen-bond donors (Lipinski definition) is 2. The Bertz CT molecular complexity index is 179. The molecule has 0 spiro atoms. The topological polar surface area (TPSA) is 32.3 Å². The Labute approximate surface area is 88.1 Å². The Morgan fingerprint density at radius 1 is 1.50 bits per heavy atom. The third kappa shape index (κ3) is 4.64. The Balaban J connectivity index is 3.95. The molecule has 0 rings (SSSR count). The minimum Gasteiger partial charge on any atom is -0.396 e. The SMILES string of the molecule is C#CCC(CC)NCC(C)(CC)CO. The van der Waals surface area contributed by atoms with Gasteiger partial charge in [0.05, 0.1) is 0 Å². The fourth-order valence-corrected chi connectivity index (χ4v) is 1.19. The van der Waals surface area contributed by atoms with Crippen LogP contribution in [0.25, 0.3) is 0 Å². The van der Waals surface area contributed by atoms with Crippen LogP contribution in [-0.2, 0) is 0 Å². The van der Waals surface area contributed by atoms with Crippen LogP contribution < -0.4 is 5.32 Å². The van der Waals surface area contributed by atoms with Crippen molar-refractivity contribution >= 4 is 0 Å². The molecular formula is C12H23NO. The summed E-state index contributed by atoms with van der Waals surface area (Å²) in [4.78, 5) is 0. The molecular weight excluding hydrogens is 174 g/mol. The maximum atomic E-state index is 9.22. The van der Waals surface area contributed by atoms with E-state index in [2.05, 4.69) is 32.0 Å². The summed E-state index contributed by atoms with van der Waals surface area (Å²) >= 11 is 0. The first-order valence-corrected chi connectivity index (χ1v) is 5.39. The van der Waals surface area contributed by atoms with Gasteiger partial charge in [-0.15, -0.1) is 12.3 Å². The fraction of sp³-hybridized carbons (Fsp3) is 0.833. The van der Waals surface area contributed by atoms with E-state index in [4.69, 9.17) is 6.42 Å². The first-order chi connectivity index (χ1) is 6.61. The van der Waals surface area contributed by atoms with Gasteiger partial charge in [0.1, 0.15) is 0 Å². The van der Waals surface area contributed by atoms with Gasteiger partial charge < -0.3 is 10.4 Å². The second-order valence-electron chi connectivity index (χ2n) is 4.22. The van der Waals surface area contributed by atoms with Crippen LogP contribution in [0.3, 0.4) is 0 Å². The van der Waals surface area contributed by atoms with E-state index >= 15 is 0 Å². The minimum absolute atomic E-state index is 0.0119. The summed E-state index contributed by atoms with van der Waals surface area (Å²) in [5, 5.41) is 12.6. The molecule has 0 aromatic carbocycles. The van der Waals surface area contributed by atoms with Gasteiger partial charge in [0.15, 0.2) is 0 Å². The van der Waals surface area contributed by atoms with Crippen LogP contribution in [0.5, 0.6) is 0 Å². The van der Waals surface area contributed by atoms with E-state index in [0.29, 0.717) is 6.04 Å². The molecule has 0 amide bonds. The first-order valence-electron chi connectivity index (χ1n) is 5.39. The van der Waals surface area contributed by atoms with Crippen molar-refractivity contribution in [3.63, 3.8) is 0 Å². The predicted octanol–water partition coefficient (Wildman–Crippen LogP) is 1.79. The molecule has 0 aromatic rings. The zero-order valence-electron chi connectivity index (χ0n) is 9.64. The van der Waals surface area contributed by atoms with Crippen molar-refractivity contribution < 1.29 is 5.11 Å². The molecule has 2 N–H and O–H groups in total. The van der Waals surface area contributed by atoms with Gasteiger partial charge in [-0.3, -0.25) is 0 Å². The lowest BCUT2D eigenvalue weighted by Gasteiger charge is -2.28. The second-order valence-corrected chi connectivity index (χ2v) is 4.22. The third-order valence-electron chi connectivity index (χ3n) is 2.91. The maximum absolute atomic E-state index is 9.22. The second kappa shape index (κ2) is 6.86. The van der Waals surface area contributed by atoms with Crippen molar-refractivity contribution in [2.75, 3.05) is 13.2 Å². The minimum atomic E-state index is -0.0119. The fourth-order valence-electron chi connectivity index (χ4n) is 1.19. The average Bonchev–Trinajstić information content (AvgIpc) is 2.23. The summed E-state index contributed by atoms with van der Waals surface area (Å²) in [6.45, 7) is 7.36. The van der Waals surface area contributed by atoms with E-state index in [-0.39, 0.29) is 12.0 Å². The van der Waals surface area contributed by atoms with Crippen LogP contribution in [0, 0.1) is 17.8 Å². The molecule has 0 aromatic heterocycles. The van der Waals surface area contributed by atoms with E-state index in [1.54, 1.807) is 0 Å². The molecule has 2 nitrogen and oxygen atoms in total. The van der Waals surface area contributed by atoms with Gasteiger partial charge in [-0.25, -0.2) is 0 Å². The highest BCUT2D eigenvalue weighted by Gasteiger charge is 2.21. The number of rotatable bonds is 7. The monoisotopic (exact) mass is 197 g/mol. The first kappa shape index (κ1) is 13.5. The molecule has 0 saturated carbocycles. The number of aliphatic hydroxyl groups is 1. The Kier molecular flexibility index (Phi) is 6.61. The molecule has 2 unspecified atom stereocenters. The van der Waals surface area contributed by atoms with Gasteiger partial charge in [0, 0.05) is 31.0 Å². The maximum Gasteiger partial charge on any atom is 0.0496 e. The van der Waals surface area contributed by atoms with E-state index < -0.39 is 0 Å². The lowest BCUT2D eigenvalue weighted by molar-refractivity contribution is 0.131. The Morgan fingerprint density at radius 2 is 2.14 bits per heavy atom. The summed E-state index contributed by atoms with van der Waals surface area (Å²) in [5.74, 6) is 2.67. The molecule has 0 fully saturated rings. The van der Waals surface area contributed by atoms with Gasteiger partial charge in [0.2, 0.25) is 0 Å². The van der Waals surface area contributed by atoms with Crippen LogP contribution >= 0.6 is 0 Å². The standard InChI is InChI=1S/C12H23NO/c1-5-8-11(6-2)13-9-12(4,7-3)10-14/h1,11,13-14H,6-10H2,2-4H3. The van der Waals surface area contributed by atoms with Crippen molar-refractivity contribution in [2.45, 2.75) is 46.1 Å². The molecule has 0 saturated heterocycles. The van der Waals surface area contributed by atoms with Crippen molar-refractivity contribution in [3.8, 4) is 12.3 Å². The zero-order chi connectivity index (χ0) is 11.0. The molecule has 0 heterocycles. The summed E-state index contributed by atoms with van der Waals surface area (Å²) in [6, 6.07) is 0.387. The van der Waals surface area contributed by atoms with Gasteiger partial charge in [-0.1, -0.05) is 20.8 Å². The van der Waals surface area contributed by atoms with Crippen molar-refractivity contribution in [3.05, 3.63) is 0 Å². The predicted molar refractivity (Wildman–Crippen MR) is 61.0 cm³/mol. The average molecular weight is 197 g/mol. The molecule has 0 bridgehead atoms. The highest BCUT2D eigenvalue weighted by Crippen LogP contribution is 2.18. The summed E-state index contributed by atoms with van der Waals surface area (Å²) < 4.78 is 0. The summed E-state index contributed by atoms with van der Waals surface area (Å²) in [5.41, 5.74) is -0.0119. The van der Waals surface area contributed by atoms with Crippen LogP contribution in [-0.4, -0.2) is 24.3 Å². The lowest BCUT2D eigenvalue weighted by Crippen LogP contribution is -2.39. The van der Waals surface area contributed by atoms with E-state index in [0.717, 1.165) is 25.8 Å². The number of aliphatic hydroxyl groups excluding tert-OH is 1. The van der Waals surface area contributed by atoms with Gasteiger partial charge in [-0.05, 0) is 12.8 Å². The molecule has 0 radical (unpaired) electrons. The third-order valence-corrected chi connectivity index (χ3v) is 2.91.